The number of fused-ring (bicyclic) bond motifs is 2. The molecule has 1 aliphatic carbocycles. The predicted octanol–water partition coefficient (Wildman–Crippen LogP) is 4.98. The lowest BCUT2D eigenvalue weighted by molar-refractivity contribution is -0.272. The standard InChI is InChI=1S/C24H24F3NO2/c1-22(13-6-8-17-7-2-4-10-19(17)22)15-23(30,24(25,26)27)16-28-14-12-21(29)18-9-3-5-11-20(18)28/h2-5,7,9-12,14,30H,6,8,13,15-16H2,1H3. The van der Waals surface area contributed by atoms with Gasteiger partial charge in [0.1, 0.15) is 0 Å². The molecule has 2 unspecified atom stereocenters. The van der Waals surface area contributed by atoms with Crippen LogP contribution in [0.1, 0.15) is 37.3 Å². The van der Waals surface area contributed by atoms with E-state index < -0.39 is 30.2 Å². The average molecular weight is 415 g/mol. The Hall–Kier alpha value is -2.60. The fraction of sp³-hybridized carbons (Fsp3) is 0.375. The maximum absolute atomic E-state index is 14.2. The number of nitrogens with zero attached hydrogens (tertiary/aromatic N) is 1. The van der Waals surface area contributed by atoms with Crippen LogP contribution in [0.15, 0.2) is 65.6 Å². The zero-order chi connectivity index (χ0) is 21.6. The van der Waals surface area contributed by atoms with E-state index in [1.54, 1.807) is 24.3 Å². The second-order valence-corrected chi connectivity index (χ2v) is 8.60. The molecule has 0 fully saturated rings. The molecule has 1 N–H and O–H groups in total. The highest BCUT2D eigenvalue weighted by molar-refractivity contribution is 5.78. The van der Waals surface area contributed by atoms with Crippen molar-refractivity contribution in [1.29, 1.82) is 0 Å². The molecule has 6 heteroatoms. The van der Waals surface area contributed by atoms with Crippen LogP contribution in [0.3, 0.4) is 0 Å². The highest BCUT2D eigenvalue weighted by atomic mass is 19.4. The van der Waals surface area contributed by atoms with Crippen molar-refractivity contribution in [1.82, 2.24) is 4.57 Å². The maximum atomic E-state index is 14.2. The van der Waals surface area contributed by atoms with Gasteiger partial charge in [0.25, 0.3) is 0 Å². The van der Waals surface area contributed by atoms with Gasteiger partial charge >= 0.3 is 6.18 Å². The van der Waals surface area contributed by atoms with Gasteiger partial charge in [-0.2, -0.15) is 13.2 Å². The van der Waals surface area contributed by atoms with Gasteiger partial charge in [0.15, 0.2) is 11.0 Å². The average Bonchev–Trinajstić information content (AvgIpc) is 2.70. The molecule has 0 saturated heterocycles. The van der Waals surface area contributed by atoms with Crippen LogP contribution in [0.4, 0.5) is 13.2 Å². The SMILES string of the molecule is CC1(CC(O)(Cn2ccc(=O)c3ccccc32)C(F)(F)F)CCCc2ccccc21. The molecule has 0 spiro atoms. The first-order valence-corrected chi connectivity index (χ1v) is 10.1. The zero-order valence-corrected chi connectivity index (χ0v) is 16.7. The fourth-order valence-corrected chi connectivity index (χ4v) is 4.89. The first kappa shape index (κ1) is 20.7. The molecule has 3 aromatic rings. The molecule has 1 heterocycles. The monoisotopic (exact) mass is 415 g/mol. The third-order valence-corrected chi connectivity index (χ3v) is 6.37. The van der Waals surface area contributed by atoms with E-state index in [2.05, 4.69) is 0 Å². The van der Waals surface area contributed by atoms with Gasteiger partial charge in [-0.3, -0.25) is 4.79 Å². The zero-order valence-electron chi connectivity index (χ0n) is 16.7. The van der Waals surface area contributed by atoms with Crippen LogP contribution in [0.2, 0.25) is 0 Å². The number of rotatable bonds is 4. The van der Waals surface area contributed by atoms with Crippen molar-refractivity contribution >= 4 is 10.9 Å². The maximum Gasteiger partial charge on any atom is 0.418 e. The normalized spacial score (nSPS) is 21.2. The van der Waals surface area contributed by atoms with E-state index in [9.17, 15) is 23.1 Å². The molecule has 1 aliphatic rings. The van der Waals surface area contributed by atoms with Crippen molar-refractivity contribution in [3.8, 4) is 0 Å². The topological polar surface area (TPSA) is 42.2 Å². The van der Waals surface area contributed by atoms with Crippen LogP contribution in [0.25, 0.3) is 10.9 Å². The van der Waals surface area contributed by atoms with E-state index in [4.69, 9.17) is 0 Å². The molecule has 1 aromatic heterocycles. The van der Waals surface area contributed by atoms with Crippen molar-refractivity contribution < 1.29 is 18.3 Å². The van der Waals surface area contributed by atoms with Crippen molar-refractivity contribution in [3.63, 3.8) is 0 Å². The van der Waals surface area contributed by atoms with Gasteiger partial charge in [0.2, 0.25) is 0 Å². The molecule has 0 aliphatic heterocycles. The smallest absolute Gasteiger partial charge is 0.379 e. The number of benzene rings is 2. The van der Waals surface area contributed by atoms with Crippen LogP contribution in [-0.4, -0.2) is 21.5 Å². The lowest BCUT2D eigenvalue weighted by atomic mass is 9.66. The number of para-hydroxylation sites is 1. The Balaban J connectivity index is 1.78. The molecule has 0 bridgehead atoms. The van der Waals surface area contributed by atoms with E-state index in [0.29, 0.717) is 17.3 Å². The molecule has 2 atom stereocenters. The van der Waals surface area contributed by atoms with Crippen molar-refractivity contribution in [3.05, 3.63) is 82.1 Å². The van der Waals surface area contributed by atoms with E-state index in [0.717, 1.165) is 24.0 Å². The van der Waals surface area contributed by atoms with Gasteiger partial charge in [-0.25, -0.2) is 0 Å². The Labute approximate surface area is 172 Å². The first-order chi connectivity index (χ1) is 14.1. The quantitative estimate of drug-likeness (QED) is 0.653. The highest BCUT2D eigenvalue weighted by Crippen LogP contribution is 2.47. The van der Waals surface area contributed by atoms with Gasteiger partial charge in [-0.1, -0.05) is 43.3 Å². The second kappa shape index (κ2) is 7.27. The lowest BCUT2D eigenvalue weighted by Gasteiger charge is -2.43. The molecular weight excluding hydrogens is 391 g/mol. The molecule has 0 amide bonds. The summed E-state index contributed by atoms with van der Waals surface area (Å²) in [5, 5.41) is 11.4. The predicted molar refractivity (Wildman–Crippen MR) is 111 cm³/mol. The number of aliphatic hydroxyl groups is 1. The second-order valence-electron chi connectivity index (χ2n) is 8.60. The van der Waals surface area contributed by atoms with Gasteiger partial charge in [-0.05, 0) is 54.4 Å². The molecule has 4 rings (SSSR count). The number of halogens is 3. The summed E-state index contributed by atoms with van der Waals surface area (Å²) >= 11 is 0. The summed E-state index contributed by atoms with van der Waals surface area (Å²) < 4.78 is 44.1. The summed E-state index contributed by atoms with van der Waals surface area (Å²) in [4.78, 5) is 12.1. The lowest BCUT2D eigenvalue weighted by Crippen LogP contribution is -2.53. The van der Waals surface area contributed by atoms with Crippen LogP contribution < -0.4 is 5.43 Å². The molecule has 0 radical (unpaired) electrons. The minimum absolute atomic E-state index is 0.259. The third kappa shape index (κ3) is 3.54. The Morgan fingerprint density at radius 2 is 1.77 bits per heavy atom. The number of aromatic nitrogens is 1. The fourth-order valence-electron chi connectivity index (χ4n) is 4.89. The van der Waals surface area contributed by atoms with Crippen LogP contribution in [0.5, 0.6) is 0 Å². The minimum atomic E-state index is -4.83. The number of alkyl halides is 3. The largest absolute Gasteiger partial charge is 0.418 e. The summed E-state index contributed by atoms with van der Waals surface area (Å²) in [6, 6.07) is 15.3. The summed E-state index contributed by atoms with van der Waals surface area (Å²) in [5.74, 6) is 0. The summed E-state index contributed by atoms with van der Waals surface area (Å²) in [6.45, 7) is 1.14. The van der Waals surface area contributed by atoms with Crippen molar-refractivity contribution in [2.75, 3.05) is 0 Å². The van der Waals surface area contributed by atoms with Crippen LogP contribution in [-0.2, 0) is 18.4 Å². The minimum Gasteiger partial charge on any atom is -0.379 e. The number of pyridine rings is 1. The van der Waals surface area contributed by atoms with E-state index in [1.165, 1.54) is 16.8 Å². The number of hydrogen-bond acceptors (Lipinski definition) is 2. The molecule has 0 saturated carbocycles. The third-order valence-electron chi connectivity index (χ3n) is 6.37. The molecule has 158 valence electrons. The van der Waals surface area contributed by atoms with Gasteiger partial charge in [-0.15, -0.1) is 0 Å². The Bertz CT molecular complexity index is 1140. The van der Waals surface area contributed by atoms with Crippen LogP contribution in [0, 0.1) is 0 Å². The molecular formula is C24H24F3NO2. The van der Waals surface area contributed by atoms with Crippen LogP contribution >= 0.6 is 0 Å². The molecule has 30 heavy (non-hydrogen) atoms. The first-order valence-electron chi connectivity index (χ1n) is 10.1. The number of hydrogen-bond donors (Lipinski definition) is 1. The molecule has 3 nitrogen and oxygen atoms in total. The van der Waals surface area contributed by atoms with E-state index in [-0.39, 0.29) is 5.43 Å². The Morgan fingerprint density at radius 3 is 2.53 bits per heavy atom. The van der Waals surface area contributed by atoms with E-state index >= 15 is 0 Å². The summed E-state index contributed by atoms with van der Waals surface area (Å²) in [7, 11) is 0. The molecule has 2 aromatic carbocycles. The Morgan fingerprint density at radius 1 is 1.07 bits per heavy atom. The summed E-state index contributed by atoms with van der Waals surface area (Å²) in [6.07, 6.45) is -1.75. The highest BCUT2D eigenvalue weighted by Gasteiger charge is 2.57. The van der Waals surface area contributed by atoms with Crippen molar-refractivity contribution in [2.24, 2.45) is 0 Å². The Kier molecular flexibility index (Phi) is 5.01. The van der Waals surface area contributed by atoms with Gasteiger partial charge in [0, 0.05) is 17.6 Å². The summed E-state index contributed by atoms with van der Waals surface area (Å²) in [5.41, 5.74) is -1.70. The van der Waals surface area contributed by atoms with Crippen molar-refractivity contribution in [2.45, 2.75) is 56.3 Å². The van der Waals surface area contributed by atoms with Gasteiger partial charge < -0.3 is 9.67 Å². The number of aryl methyl sites for hydroxylation is 1. The van der Waals surface area contributed by atoms with Gasteiger partial charge in [0.05, 0.1) is 12.1 Å². The van der Waals surface area contributed by atoms with E-state index in [1.807, 2.05) is 31.2 Å².